The molecule has 0 radical (unpaired) electrons. The van der Waals surface area contributed by atoms with E-state index in [1.54, 1.807) is 50.2 Å². The molecule has 2 N–H and O–H groups in total. The first-order valence-corrected chi connectivity index (χ1v) is 14.9. The smallest absolute Gasteiger partial charge is 0.277 e. The Morgan fingerprint density at radius 3 is 2.56 bits per heavy atom. The largest absolute Gasteiger partial charge is 0.616 e. The fraction of sp³-hybridized carbons (Fsp3) is 0.321. The Hall–Kier alpha value is -3.12. The highest BCUT2D eigenvalue weighted by Crippen LogP contribution is 2.37. The summed E-state index contributed by atoms with van der Waals surface area (Å²) in [4.78, 5) is 43.4. The highest BCUT2D eigenvalue weighted by atomic mass is 79.9. The number of methoxy groups -OCH3 is 1. The lowest BCUT2D eigenvalue weighted by molar-refractivity contribution is -0.128. The third kappa shape index (κ3) is 6.22. The molecule has 0 aliphatic carbocycles. The SMILES string of the molecule is CN[C@@H](C)C(=O)N[C@H]1CN(C(=O)C[S+](C)[O-])c2ccccc2N(Cc2c(OC)ccc3cc(Br)ccc23)C1=O. The molecule has 3 atom stereocenters. The van der Waals surface area contributed by atoms with E-state index in [2.05, 4.69) is 26.6 Å². The molecule has 1 heterocycles. The van der Waals surface area contributed by atoms with Crippen molar-refractivity contribution in [2.45, 2.75) is 25.6 Å². The second kappa shape index (κ2) is 12.4. The molecule has 3 aromatic carbocycles. The number of ether oxygens (including phenoxy) is 1. The third-order valence-electron chi connectivity index (χ3n) is 6.75. The van der Waals surface area contributed by atoms with Crippen molar-refractivity contribution in [3.63, 3.8) is 0 Å². The minimum absolute atomic E-state index is 0.0931. The molecular weight excluding hydrogens is 584 g/mol. The Morgan fingerprint density at radius 1 is 1.18 bits per heavy atom. The lowest BCUT2D eigenvalue weighted by Crippen LogP contribution is -2.56. The normalized spacial score (nSPS) is 16.9. The molecule has 9 nitrogen and oxygen atoms in total. The van der Waals surface area contributed by atoms with Crippen LogP contribution in [-0.2, 0) is 32.1 Å². The number of anilines is 2. The maximum Gasteiger partial charge on any atom is 0.277 e. The van der Waals surface area contributed by atoms with Crippen molar-refractivity contribution in [2.75, 3.05) is 42.5 Å². The Bertz CT molecular complexity index is 1400. The van der Waals surface area contributed by atoms with Gasteiger partial charge >= 0.3 is 0 Å². The van der Waals surface area contributed by atoms with Crippen LogP contribution in [0.3, 0.4) is 0 Å². The van der Waals surface area contributed by atoms with Gasteiger partial charge in [-0.2, -0.15) is 0 Å². The van der Waals surface area contributed by atoms with Crippen LogP contribution >= 0.6 is 15.9 Å². The number of carbonyl (C=O) groups is 3. The summed E-state index contributed by atoms with van der Waals surface area (Å²) in [6.45, 7) is 1.73. The zero-order valence-electron chi connectivity index (χ0n) is 22.2. The predicted octanol–water partition coefficient (Wildman–Crippen LogP) is 2.96. The van der Waals surface area contributed by atoms with Crippen LogP contribution in [0.25, 0.3) is 10.8 Å². The summed E-state index contributed by atoms with van der Waals surface area (Å²) in [5.41, 5.74) is 1.79. The van der Waals surface area contributed by atoms with E-state index in [4.69, 9.17) is 4.74 Å². The first-order valence-electron chi connectivity index (χ1n) is 12.4. The monoisotopic (exact) mass is 614 g/mol. The summed E-state index contributed by atoms with van der Waals surface area (Å²) in [6.07, 6.45) is 1.46. The number of amides is 3. The molecule has 0 saturated heterocycles. The molecule has 11 heteroatoms. The molecule has 0 spiro atoms. The zero-order chi connectivity index (χ0) is 28.3. The number of para-hydroxylation sites is 2. The molecular formula is C28H31BrN4O5S. The Morgan fingerprint density at radius 2 is 1.90 bits per heavy atom. The van der Waals surface area contributed by atoms with Crippen LogP contribution in [0.15, 0.2) is 59.1 Å². The first kappa shape index (κ1) is 28.9. The topological polar surface area (TPSA) is 114 Å². The van der Waals surface area contributed by atoms with Gasteiger partial charge in [0.2, 0.25) is 5.91 Å². The molecule has 0 fully saturated rings. The van der Waals surface area contributed by atoms with Gasteiger partial charge in [0, 0.05) is 10.0 Å². The number of hydrogen-bond acceptors (Lipinski definition) is 6. The molecule has 0 bridgehead atoms. The van der Waals surface area contributed by atoms with Crippen molar-refractivity contribution in [1.82, 2.24) is 10.6 Å². The van der Waals surface area contributed by atoms with Gasteiger partial charge in [-0.1, -0.05) is 40.2 Å². The van der Waals surface area contributed by atoms with E-state index in [-0.39, 0.29) is 30.7 Å². The second-order valence-electron chi connectivity index (χ2n) is 9.32. The van der Waals surface area contributed by atoms with Crippen LogP contribution in [0.1, 0.15) is 12.5 Å². The number of nitrogens with one attached hydrogen (secondary N) is 2. The molecule has 0 aromatic heterocycles. The van der Waals surface area contributed by atoms with Crippen molar-refractivity contribution in [1.29, 1.82) is 0 Å². The van der Waals surface area contributed by atoms with Gasteiger partial charge < -0.3 is 29.7 Å². The lowest BCUT2D eigenvalue weighted by Gasteiger charge is -2.27. The fourth-order valence-corrected chi connectivity index (χ4v) is 5.51. The van der Waals surface area contributed by atoms with Gasteiger partial charge in [0.05, 0.1) is 43.9 Å². The van der Waals surface area contributed by atoms with Crippen molar-refractivity contribution in [3.8, 4) is 5.75 Å². The van der Waals surface area contributed by atoms with Gasteiger partial charge in [0.15, 0.2) is 5.75 Å². The number of hydrogen-bond donors (Lipinski definition) is 2. The second-order valence-corrected chi connectivity index (χ2v) is 11.7. The van der Waals surface area contributed by atoms with Gasteiger partial charge in [-0.15, -0.1) is 0 Å². The maximum absolute atomic E-state index is 14.2. The average Bonchev–Trinajstić information content (AvgIpc) is 3.02. The van der Waals surface area contributed by atoms with Crippen LogP contribution in [0.2, 0.25) is 0 Å². The van der Waals surface area contributed by atoms with Gasteiger partial charge in [0.25, 0.3) is 11.8 Å². The van der Waals surface area contributed by atoms with Crippen LogP contribution in [0, 0.1) is 0 Å². The van der Waals surface area contributed by atoms with Gasteiger partial charge in [-0.3, -0.25) is 14.4 Å². The molecule has 0 saturated carbocycles. The highest BCUT2D eigenvalue weighted by Gasteiger charge is 2.38. The number of nitrogens with zero attached hydrogens (tertiary/aromatic N) is 2. The number of likely N-dealkylation sites (N-methyl/N-ethyl adjacent to an activating group) is 1. The summed E-state index contributed by atoms with van der Waals surface area (Å²) in [6, 6.07) is 15.2. The predicted molar refractivity (Wildman–Crippen MR) is 158 cm³/mol. The standard InChI is InChI=1S/C28H31BrN4O5S/c1-17(30-2)27(35)31-22-15-32(26(34)16-39(4)37)23-7-5-6-8-24(23)33(28(22)36)14-21-20-11-10-19(29)13-18(20)9-12-25(21)38-3/h5-13,17,22,30H,14-16H2,1-4H3,(H,31,35)/t17-,22-,39?/m0/s1. The number of benzene rings is 3. The van der Waals surface area contributed by atoms with Crippen LogP contribution in [0.4, 0.5) is 11.4 Å². The summed E-state index contributed by atoms with van der Waals surface area (Å²) in [5.74, 6) is -0.740. The van der Waals surface area contributed by atoms with Crippen molar-refractivity contribution < 1.29 is 23.7 Å². The van der Waals surface area contributed by atoms with Crippen LogP contribution < -0.4 is 25.2 Å². The molecule has 206 valence electrons. The van der Waals surface area contributed by atoms with E-state index in [1.165, 1.54) is 11.2 Å². The van der Waals surface area contributed by atoms with Crippen LogP contribution in [0.5, 0.6) is 5.75 Å². The van der Waals surface area contributed by atoms with E-state index in [0.717, 1.165) is 20.8 Å². The van der Waals surface area contributed by atoms with E-state index < -0.39 is 29.2 Å². The zero-order valence-corrected chi connectivity index (χ0v) is 24.6. The Labute approximate surface area is 239 Å². The van der Waals surface area contributed by atoms with Gasteiger partial charge in [-0.25, -0.2) is 0 Å². The minimum atomic E-state index is -1.39. The Kier molecular flexibility index (Phi) is 9.16. The molecule has 1 aliphatic rings. The van der Waals surface area contributed by atoms with E-state index in [1.807, 2.05) is 30.3 Å². The molecule has 1 aliphatic heterocycles. The maximum atomic E-state index is 14.2. The summed E-state index contributed by atoms with van der Waals surface area (Å²) in [5, 5.41) is 7.57. The molecule has 3 aromatic rings. The lowest BCUT2D eigenvalue weighted by atomic mass is 10.0. The van der Waals surface area contributed by atoms with Gasteiger partial charge in [0.1, 0.15) is 11.8 Å². The van der Waals surface area contributed by atoms with E-state index in [0.29, 0.717) is 17.1 Å². The molecule has 39 heavy (non-hydrogen) atoms. The Balaban J connectivity index is 1.86. The highest BCUT2D eigenvalue weighted by molar-refractivity contribution is 9.10. The molecule has 1 unspecified atom stereocenters. The minimum Gasteiger partial charge on any atom is -0.616 e. The van der Waals surface area contributed by atoms with Crippen molar-refractivity contribution >= 4 is 67.0 Å². The van der Waals surface area contributed by atoms with E-state index >= 15 is 0 Å². The number of rotatable bonds is 8. The molecule has 4 rings (SSSR count). The first-order chi connectivity index (χ1) is 18.6. The van der Waals surface area contributed by atoms with Gasteiger partial charge in [-0.05, 0) is 66.3 Å². The van der Waals surface area contributed by atoms with Crippen molar-refractivity contribution in [3.05, 3.63) is 64.6 Å². The summed E-state index contributed by atoms with van der Waals surface area (Å²) in [7, 11) is 3.23. The quantitative estimate of drug-likeness (QED) is 0.377. The number of carbonyl (C=O) groups excluding carboxylic acids is 3. The fourth-order valence-electron chi connectivity index (χ4n) is 4.63. The van der Waals surface area contributed by atoms with Crippen molar-refractivity contribution in [2.24, 2.45) is 0 Å². The average molecular weight is 616 g/mol. The number of fused-ring (bicyclic) bond motifs is 2. The van der Waals surface area contributed by atoms with Crippen LogP contribution in [-0.4, -0.2) is 67.1 Å². The molecule has 3 amide bonds. The number of halogens is 1. The summed E-state index contributed by atoms with van der Waals surface area (Å²) >= 11 is 2.13. The summed E-state index contributed by atoms with van der Waals surface area (Å²) < 4.78 is 18.6. The third-order valence-corrected chi connectivity index (χ3v) is 7.90. The van der Waals surface area contributed by atoms with E-state index in [9.17, 15) is 18.9 Å².